The fraction of sp³-hybridized carbons (Fsp3) is 0.429. The summed E-state index contributed by atoms with van der Waals surface area (Å²) in [5.41, 5.74) is 2.26. The summed E-state index contributed by atoms with van der Waals surface area (Å²) in [7, 11) is 0. The molecule has 0 aromatic heterocycles. The van der Waals surface area contributed by atoms with E-state index in [0.29, 0.717) is 6.54 Å². The Morgan fingerprint density at radius 2 is 2.16 bits per heavy atom. The van der Waals surface area contributed by atoms with E-state index in [0.717, 1.165) is 11.1 Å². The molecule has 0 bridgehead atoms. The lowest BCUT2D eigenvalue weighted by Gasteiger charge is -2.25. The number of hydrogen-bond donors (Lipinski definition) is 3. The minimum Gasteiger partial charge on any atom is -0.353 e. The van der Waals surface area contributed by atoms with Gasteiger partial charge in [-0.2, -0.15) is 0 Å². The van der Waals surface area contributed by atoms with Gasteiger partial charge in [-0.05, 0) is 25.0 Å². The average molecular weight is 261 g/mol. The standard InChI is InChI=1S/C14H19N3O2/c1-9-5-3-4-6-11(9)10(2)17-14(19)12-7-16-13(18)8-15-12/h3-6,10,12,15H,7-8H2,1-2H3,(H,16,18)(H,17,19)/t10-,12?/m1/s1. The molecule has 1 fully saturated rings. The zero-order valence-electron chi connectivity index (χ0n) is 11.2. The van der Waals surface area contributed by atoms with Crippen LogP contribution >= 0.6 is 0 Å². The number of carbonyl (C=O) groups is 2. The zero-order valence-corrected chi connectivity index (χ0v) is 11.2. The third-order valence-corrected chi connectivity index (χ3v) is 3.34. The van der Waals surface area contributed by atoms with Gasteiger partial charge < -0.3 is 10.6 Å². The summed E-state index contributed by atoms with van der Waals surface area (Å²) < 4.78 is 0. The number of hydrogen-bond acceptors (Lipinski definition) is 3. The largest absolute Gasteiger partial charge is 0.353 e. The highest BCUT2D eigenvalue weighted by Crippen LogP contribution is 2.16. The Kier molecular flexibility index (Phi) is 4.16. The molecule has 0 saturated carbocycles. The number of rotatable bonds is 3. The molecule has 1 saturated heterocycles. The normalized spacial score (nSPS) is 20.5. The van der Waals surface area contributed by atoms with Crippen molar-refractivity contribution in [2.75, 3.05) is 13.1 Å². The molecule has 0 radical (unpaired) electrons. The second-order valence-corrected chi connectivity index (χ2v) is 4.82. The van der Waals surface area contributed by atoms with E-state index < -0.39 is 0 Å². The maximum Gasteiger partial charge on any atom is 0.239 e. The van der Waals surface area contributed by atoms with Crippen molar-refractivity contribution < 1.29 is 9.59 Å². The van der Waals surface area contributed by atoms with Gasteiger partial charge in [-0.1, -0.05) is 24.3 Å². The van der Waals surface area contributed by atoms with Gasteiger partial charge in [0.15, 0.2) is 0 Å². The molecule has 2 atom stereocenters. The molecule has 2 rings (SSSR count). The molecule has 5 nitrogen and oxygen atoms in total. The van der Waals surface area contributed by atoms with Gasteiger partial charge in [0.25, 0.3) is 0 Å². The molecule has 1 aliphatic rings. The summed E-state index contributed by atoms with van der Waals surface area (Å²) in [6.07, 6.45) is 0. The fourth-order valence-electron chi connectivity index (χ4n) is 2.22. The Balaban J connectivity index is 1.95. The SMILES string of the molecule is Cc1ccccc1[C@@H](C)NC(=O)C1CNC(=O)CN1. The predicted octanol–water partition coefficient (Wildman–Crippen LogP) is 0.260. The predicted molar refractivity (Wildman–Crippen MR) is 72.5 cm³/mol. The minimum atomic E-state index is -0.357. The lowest BCUT2D eigenvalue weighted by atomic mass is 10.0. The van der Waals surface area contributed by atoms with E-state index in [4.69, 9.17) is 0 Å². The first kappa shape index (κ1) is 13.5. The molecule has 1 unspecified atom stereocenters. The molecular weight excluding hydrogens is 242 g/mol. The van der Waals surface area contributed by atoms with Gasteiger partial charge in [0.2, 0.25) is 11.8 Å². The number of benzene rings is 1. The van der Waals surface area contributed by atoms with Crippen molar-refractivity contribution in [3.8, 4) is 0 Å². The van der Waals surface area contributed by atoms with Gasteiger partial charge >= 0.3 is 0 Å². The van der Waals surface area contributed by atoms with Crippen LogP contribution in [0.3, 0.4) is 0 Å². The lowest BCUT2D eigenvalue weighted by Crippen LogP contribution is -2.58. The third-order valence-electron chi connectivity index (χ3n) is 3.34. The summed E-state index contributed by atoms with van der Waals surface area (Å²) in [4.78, 5) is 23.1. The van der Waals surface area contributed by atoms with Crippen LogP contribution in [0.25, 0.3) is 0 Å². The molecule has 1 heterocycles. The summed E-state index contributed by atoms with van der Waals surface area (Å²) in [6.45, 7) is 4.51. The van der Waals surface area contributed by atoms with Crippen molar-refractivity contribution in [2.45, 2.75) is 25.9 Å². The third kappa shape index (κ3) is 3.32. The summed E-state index contributed by atoms with van der Waals surface area (Å²) in [5, 5.41) is 8.56. The van der Waals surface area contributed by atoms with Gasteiger partial charge in [0.05, 0.1) is 12.6 Å². The van der Waals surface area contributed by atoms with Crippen LogP contribution in [0.5, 0.6) is 0 Å². The van der Waals surface area contributed by atoms with Gasteiger partial charge in [-0.25, -0.2) is 0 Å². The number of aryl methyl sites for hydroxylation is 1. The van der Waals surface area contributed by atoms with E-state index in [2.05, 4.69) is 16.0 Å². The van der Waals surface area contributed by atoms with E-state index in [1.807, 2.05) is 38.1 Å². The Bertz CT molecular complexity index is 477. The van der Waals surface area contributed by atoms with Crippen LogP contribution in [0.4, 0.5) is 0 Å². The van der Waals surface area contributed by atoms with E-state index in [-0.39, 0.29) is 30.4 Å². The van der Waals surface area contributed by atoms with Gasteiger partial charge in [-0.15, -0.1) is 0 Å². The Labute approximate surface area is 112 Å². The molecule has 1 aromatic rings. The first-order valence-electron chi connectivity index (χ1n) is 6.44. The van der Waals surface area contributed by atoms with Gasteiger partial charge in [0, 0.05) is 6.54 Å². The van der Waals surface area contributed by atoms with E-state index in [1.54, 1.807) is 0 Å². The van der Waals surface area contributed by atoms with Crippen LogP contribution in [0, 0.1) is 6.92 Å². The zero-order chi connectivity index (χ0) is 13.8. The fourth-order valence-corrected chi connectivity index (χ4v) is 2.22. The Hall–Kier alpha value is -1.88. The van der Waals surface area contributed by atoms with Crippen LogP contribution in [0.2, 0.25) is 0 Å². The smallest absolute Gasteiger partial charge is 0.239 e. The van der Waals surface area contributed by atoms with Crippen LogP contribution in [0.15, 0.2) is 24.3 Å². The summed E-state index contributed by atoms with van der Waals surface area (Å²) in [6, 6.07) is 7.57. The van der Waals surface area contributed by atoms with Crippen molar-refractivity contribution in [1.29, 1.82) is 0 Å². The van der Waals surface area contributed by atoms with Crippen LogP contribution in [-0.2, 0) is 9.59 Å². The second-order valence-electron chi connectivity index (χ2n) is 4.82. The maximum absolute atomic E-state index is 12.1. The van der Waals surface area contributed by atoms with E-state index in [9.17, 15) is 9.59 Å². The monoisotopic (exact) mass is 261 g/mol. The number of amides is 2. The number of carbonyl (C=O) groups excluding carboxylic acids is 2. The van der Waals surface area contributed by atoms with E-state index >= 15 is 0 Å². The first-order valence-corrected chi connectivity index (χ1v) is 6.44. The number of nitrogens with one attached hydrogen (secondary N) is 3. The molecule has 1 aliphatic heterocycles. The molecular formula is C14H19N3O2. The molecule has 0 aliphatic carbocycles. The molecule has 2 amide bonds. The number of piperazine rings is 1. The van der Waals surface area contributed by atoms with Crippen molar-refractivity contribution >= 4 is 11.8 Å². The molecule has 1 aromatic carbocycles. The highest BCUT2D eigenvalue weighted by molar-refractivity contribution is 5.86. The molecule has 3 N–H and O–H groups in total. The van der Waals surface area contributed by atoms with E-state index in [1.165, 1.54) is 0 Å². The van der Waals surface area contributed by atoms with Crippen LogP contribution in [-0.4, -0.2) is 30.9 Å². The first-order chi connectivity index (χ1) is 9.08. The molecule has 5 heteroatoms. The van der Waals surface area contributed by atoms with Crippen molar-refractivity contribution in [1.82, 2.24) is 16.0 Å². The molecule has 0 spiro atoms. The Morgan fingerprint density at radius 3 is 2.79 bits per heavy atom. The average Bonchev–Trinajstić information content (AvgIpc) is 2.39. The lowest BCUT2D eigenvalue weighted by molar-refractivity contribution is -0.127. The highest BCUT2D eigenvalue weighted by Gasteiger charge is 2.24. The second kappa shape index (κ2) is 5.84. The topological polar surface area (TPSA) is 70.2 Å². The quantitative estimate of drug-likeness (QED) is 0.731. The van der Waals surface area contributed by atoms with Crippen LogP contribution < -0.4 is 16.0 Å². The van der Waals surface area contributed by atoms with Crippen molar-refractivity contribution in [3.05, 3.63) is 35.4 Å². The summed E-state index contributed by atoms with van der Waals surface area (Å²) >= 11 is 0. The van der Waals surface area contributed by atoms with Crippen molar-refractivity contribution in [2.24, 2.45) is 0 Å². The Morgan fingerprint density at radius 1 is 1.42 bits per heavy atom. The van der Waals surface area contributed by atoms with Gasteiger partial charge in [0.1, 0.15) is 6.04 Å². The maximum atomic E-state index is 12.1. The molecule has 19 heavy (non-hydrogen) atoms. The minimum absolute atomic E-state index is 0.0480. The summed E-state index contributed by atoms with van der Waals surface area (Å²) in [5.74, 6) is -0.160. The highest BCUT2D eigenvalue weighted by atomic mass is 16.2. The van der Waals surface area contributed by atoms with Gasteiger partial charge in [-0.3, -0.25) is 14.9 Å². The van der Waals surface area contributed by atoms with Crippen LogP contribution in [0.1, 0.15) is 24.1 Å². The molecule has 102 valence electrons. The van der Waals surface area contributed by atoms with Crippen molar-refractivity contribution in [3.63, 3.8) is 0 Å².